The highest BCUT2D eigenvalue weighted by Gasteiger charge is 2.06. The van der Waals surface area contributed by atoms with E-state index in [1.54, 1.807) is 24.3 Å². The second kappa shape index (κ2) is 9.09. The summed E-state index contributed by atoms with van der Waals surface area (Å²) in [6.07, 6.45) is 0. The van der Waals surface area contributed by atoms with E-state index in [1.807, 2.05) is 55.5 Å². The van der Waals surface area contributed by atoms with Gasteiger partial charge in [0.15, 0.2) is 6.61 Å². The van der Waals surface area contributed by atoms with Gasteiger partial charge >= 0.3 is 0 Å². The quantitative estimate of drug-likeness (QED) is 0.480. The summed E-state index contributed by atoms with van der Waals surface area (Å²) < 4.78 is 6.54. The second-order valence-corrected chi connectivity index (χ2v) is 6.74. The first-order valence-electron chi connectivity index (χ1n) is 8.36. The number of carbonyl (C=O) groups is 1. The number of rotatable bonds is 6. The van der Waals surface area contributed by atoms with E-state index in [1.165, 1.54) is 0 Å². The van der Waals surface area contributed by atoms with Crippen molar-refractivity contribution < 1.29 is 9.53 Å². The molecule has 3 aromatic rings. The number of benzene rings is 3. The molecule has 0 atom stereocenters. The minimum atomic E-state index is -0.226. The van der Waals surface area contributed by atoms with Crippen LogP contribution in [-0.2, 0) is 4.79 Å². The zero-order chi connectivity index (χ0) is 19.1. The molecule has 0 radical (unpaired) electrons. The van der Waals surface area contributed by atoms with Gasteiger partial charge in [-0.1, -0.05) is 34.1 Å². The van der Waals surface area contributed by atoms with Crippen LogP contribution in [0.25, 0.3) is 0 Å². The van der Waals surface area contributed by atoms with Gasteiger partial charge in [-0.3, -0.25) is 4.79 Å². The molecule has 0 saturated heterocycles. The largest absolute Gasteiger partial charge is 0.483 e. The van der Waals surface area contributed by atoms with E-state index in [4.69, 9.17) is 4.74 Å². The Morgan fingerprint density at radius 2 is 1.63 bits per heavy atom. The van der Waals surface area contributed by atoms with Gasteiger partial charge in [-0.2, -0.15) is 10.2 Å². The van der Waals surface area contributed by atoms with E-state index in [-0.39, 0.29) is 12.5 Å². The molecule has 3 rings (SSSR count). The average molecular weight is 424 g/mol. The van der Waals surface area contributed by atoms with Crippen LogP contribution in [0.1, 0.15) is 5.56 Å². The van der Waals surface area contributed by atoms with Crippen molar-refractivity contribution in [1.29, 1.82) is 0 Å². The summed E-state index contributed by atoms with van der Waals surface area (Å²) >= 11 is 3.40. The predicted octanol–water partition coefficient (Wildman–Crippen LogP) is 6.19. The van der Waals surface area contributed by atoms with Crippen LogP contribution in [0.5, 0.6) is 5.75 Å². The number of halogens is 1. The van der Waals surface area contributed by atoms with Gasteiger partial charge in [0.25, 0.3) is 5.91 Å². The third-order valence-electron chi connectivity index (χ3n) is 3.68. The van der Waals surface area contributed by atoms with Crippen LogP contribution in [0.3, 0.4) is 0 Å². The van der Waals surface area contributed by atoms with Gasteiger partial charge in [-0.15, -0.1) is 0 Å². The molecule has 6 heteroatoms. The number of anilines is 1. The van der Waals surface area contributed by atoms with Crippen LogP contribution < -0.4 is 10.1 Å². The van der Waals surface area contributed by atoms with Gasteiger partial charge in [-0.05, 0) is 67.1 Å². The molecule has 0 fully saturated rings. The van der Waals surface area contributed by atoms with Gasteiger partial charge < -0.3 is 10.1 Å². The number of azo groups is 1. The molecule has 3 aromatic carbocycles. The summed E-state index contributed by atoms with van der Waals surface area (Å²) in [7, 11) is 0. The summed E-state index contributed by atoms with van der Waals surface area (Å²) in [5.74, 6) is 0.459. The molecule has 0 heterocycles. The van der Waals surface area contributed by atoms with Crippen molar-refractivity contribution in [1.82, 2.24) is 0 Å². The SMILES string of the molecule is Cc1cc(Br)ccc1OCC(=O)Nc1ccc(N=Nc2ccccc2)cc1. The zero-order valence-electron chi connectivity index (χ0n) is 14.7. The molecule has 1 N–H and O–H groups in total. The van der Waals surface area contributed by atoms with Gasteiger partial charge in [0.2, 0.25) is 0 Å². The molecule has 0 bridgehead atoms. The molecule has 5 nitrogen and oxygen atoms in total. The first kappa shape index (κ1) is 18.8. The summed E-state index contributed by atoms with van der Waals surface area (Å²) in [4.78, 5) is 12.1. The van der Waals surface area contributed by atoms with Crippen molar-refractivity contribution in [3.8, 4) is 5.75 Å². The van der Waals surface area contributed by atoms with Crippen LogP contribution in [0, 0.1) is 6.92 Å². The first-order chi connectivity index (χ1) is 13.1. The lowest BCUT2D eigenvalue weighted by Crippen LogP contribution is -2.20. The van der Waals surface area contributed by atoms with Crippen molar-refractivity contribution in [3.63, 3.8) is 0 Å². The molecular formula is C21H18BrN3O2. The van der Waals surface area contributed by atoms with Crippen molar-refractivity contribution in [2.45, 2.75) is 6.92 Å². The molecule has 0 unspecified atom stereocenters. The van der Waals surface area contributed by atoms with Gasteiger partial charge in [0.05, 0.1) is 11.4 Å². The third kappa shape index (κ3) is 5.76. The number of aryl methyl sites for hydroxylation is 1. The zero-order valence-corrected chi connectivity index (χ0v) is 16.3. The maximum atomic E-state index is 12.1. The number of ether oxygens (including phenoxy) is 1. The fourth-order valence-corrected chi connectivity index (χ4v) is 2.81. The van der Waals surface area contributed by atoms with Crippen molar-refractivity contribution in [3.05, 3.63) is 82.8 Å². The van der Waals surface area contributed by atoms with Crippen LogP contribution >= 0.6 is 15.9 Å². The lowest BCUT2D eigenvalue weighted by molar-refractivity contribution is -0.118. The third-order valence-corrected chi connectivity index (χ3v) is 4.18. The van der Waals surface area contributed by atoms with Gasteiger partial charge in [0, 0.05) is 10.2 Å². The summed E-state index contributed by atoms with van der Waals surface area (Å²) in [6.45, 7) is 1.87. The molecule has 0 spiro atoms. The number of nitrogens with one attached hydrogen (secondary N) is 1. The van der Waals surface area contributed by atoms with E-state index >= 15 is 0 Å². The molecule has 136 valence electrons. The number of hydrogen-bond acceptors (Lipinski definition) is 4. The average Bonchev–Trinajstić information content (AvgIpc) is 2.67. The topological polar surface area (TPSA) is 63.0 Å². The van der Waals surface area contributed by atoms with E-state index in [0.29, 0.717) is 17.1 Å². The van der Waals surface area contributed by atoms with Crippen molar-refractivity contribution in [2.75, 3.05) is 11.9 Å². The molecule has 1 amide bonds. The van der Waals surface area contributed by atoms with Crippen LogP contribution in [-0.4, -0.2) is 12.5 Å². The fraction of sp³-hybridized carbons (Fsp3) is 0.0952. The monoisotopic (exact) mass is 423 g/mol. The standard InChI is InChI=1S/C21H18BrN3O2/c1-15-13-16(22)7-12-20(15)27-14-21(26)23-17-8-10-19(11-9-17)25-24-18-5-3-2-4-6-18/h2-13H,14H2,1H3,(H,23,26). The summed E-state index contributed by atoms with van der Waals surface area (Å²) in [5.41, 5.74) is 3.13. The molecule has 0 aliphatic heterocycles. The Kier molecular flexibility index (Phi) is 6.33. The van der Waals surface area contributed by atoms with Gasteiger partial charge in [-0.25, -0.2) is 0 Å². The Labute approximate surface area is 166 Å². The second-order valence-electron chi connectivity index (χ2n) is 5.83. The van der Waals surface area contributed by atoms with Crippen LogP contribution in [0.4, 0.5) is 17.1 Å². The Hall–Kier alpha value is -2.99. The Bertz CT molecular complexity index is 941. The maximum Gasteiger partial charge on any atom is 0.262 e. The molecule has 27 heavy (non-hydrogen) atoms. The molecule has 0 saturated carbocycles. The fourth-order valence-electron chi connectivity index (χ4n) is 2.34. The van der Waals surface area contributed by atoms with E-state index in [0.717, 1.165) is 15.7 Å². The first-order valence-corrected chi connectivity index (χ1v) is 9.15. The van der Waals surface area contributed by atoms with Crippen molar-refractivity contribution in [2.24, 2.45) is 10.2 Å². The highest BCUT2D eigenvalue weighted by molar-refractivity contribution is 9.10. The Balaban J connectivity index is 1.53. The smallest absolute Gasteiger partial charge is 0.262 e. The summed E-state index contributed by atoms with van der Waals surface area (Å²) in [5, 5.41) is 11.1. The number of amides is 1. The lowest BCUT2D eigenvalue weighted by Gasteiger charge is -2.10. The minimum Gasteiger partial charge on any atom is -0.483 e. The van der Waals surface area contributed by atoms with Crippen LogP contribution in [0.2, 0.25) is 0 Å². The highest BCUT2D eigenvalue weighted by atomic mass is 79.9. The lowest BCUT2D eigenvalue weighted by atomic mass is 10.2. The van der Waals surface area contributed by atoms with Crippen molar-refractivity contribution >= 4 is 38.9 Å². The molecule has 0 aliphatic rings. The highest BCUT2D eigenvalue weighted by Crippen LogP contribution is 2.22. The number of carbonyl (C=O) groups excluding carboxylic acids is 1. The molecular weight excluding hydrogens is 406 g/mol. The Morgan fingerprint density at radius 1 is 0.963 bits per heavy atom. The van der Waals surface area contributed by atoms with E-state index in [9.17, 15) is 4.79 Å². The number of nitrogens with zero attached hydrogens (tertiary/aromatic N) is 2. The van der Waals surface area contributed by atoms with Gasteiger partial charge in [0.1, 0.15) is 5.75 Å². The van der Waals surface area contributed by atoms with Crippen LogP contribution in [0.15, 0.2) is 87.5 Å². The normalized spacial score (nSPS) is 10.7. The molecule has 0 aliphatic carbocycles. The Morgan fingerprint density at radius 3 is 2.30 bits per heavy atom. The summed E-state index contributed by atoms with van der Waals surface area (Å²) in [6, 6.07) is 22.3. The maximum absolute atomic E-state index is 12.1. The van der Waals surface area contributed by atoms with E-state index in [2.05, 4.69) is 31.5 Å². The van der Waals surface area contributed by atoms with E-state index < -0.39 is 0 Å². The number of hydrogen-bond donors (Lipinski definition) is 1. The molecule has 0 aromatic heterocycles. The minimum absolute atomic E-state index is 0.0576. The predicted molar refractivity (Wildman–Crippen MR) is 110 cm³/mol.